The van der Waals surface area contributed by atoms with E-state index >= 15 is 0 Å². The smallest absolute Gasteiger partial charge is 0.201 e. The highest BCUT2D eigenvalue weighted by molar-refractivity contribution is 6.45. The number of hydrogen-bond acceptors (Lipinski definition) is 5. The molecule has 0 aliphatic rings. The number of anilines is 1. The highest BCUT2D eigenvalue weighted by Crippen LogP contribution is 2.24. The summed E-state index contributed by atoms with van der Waals surface area (Å²) in [7, 11) is 0. The molecule has 0 aliphatic heterocycles. The second kappa shape index (κ2) is 7.09. The number of nitrogens with zero attached hydrogens (tertiary/aromatic N) is 2. The van der Waals surface area contributed by atoms with E-state index in [1.807, 2.05) is 25.1 Å². The van der Waals surface area contributed by atoms with E-state index in [0.717, 1.165) is 5.75 Å². The van der Waals surface area contributed by atoms with Crippen LogP contribution < -0.4 is 15.9 Å². The third-order valence-electron chi connectivity index (χ3n) is 3.23. The van der Waals surface area contributed by atoms with Crippen molar-refractivity contribution < 1.29 is 4.74 Å². The normalized spacial score (nSPS) is 10.7. The van der Waals surface area contributed by atoms with Crippen molar-refractivity contribution in [3.63, 3.8) is 0 Å². The fraction of sp³-hybridized carbons (Fsp3) is 0.118. The highest BCUT2D eigenvalue weighted by Gasteiger charge is 2.02. The second-order valence-electron chi connectivity index (χ2n) is 4.97. The summed E-state index contributed by atoms with van der Waals surface area (Å²) in [6.45, 7) is 4.09. The van der Waals surface area contributed by atoms with Gasteiger partial charge in [-0.05, 0) is 61.4 Å². The molecule has 0 heterocycles. The second-order valence-corrected chi connectivity index (χ2v) is 4.97. The predicted octanol–water partition coefficient (Wildman–Crippen LogP) is 3.32. The van der Waals surface area contributed by atoms with Gasteiger partial charge < -0.3 is 10.5 Å². The number of nitrogens with one attached hydrogen (secondary N) is 2. The lowest BCUT2D eigenvalue weighted by Gasteiger charge is -2.08. The van der Waals surface area contributed by atoms with Gasteiger partial charge in [-0.3, -0.25) is 10.8 Å². The van der Waals surface area contributed by atoms with Crippen molar-refractivity contribution in [2.45, 2.75) is 13.8 Å². The van der Waals surface area contributed by atoms with Crippen LogP contribution in [0.1, 0.15) is 11.1 Å². The standard InChI is InChI=1S/C17H17N5O/c1-11-3-6-15(9-12(11)2)23-14-7-4-13(5-8-14)21-22-16(10-18)17(19)20/h3-9,21H,1-2H3,(H3,19,20)/b22-16+. The van der Waals surface area contributed by atoms with Gasteiger partial charge in [-0.25, -0.2) is 0 Å². The van der Waals surface area contributed by atoms with Crippen LogP contribution in [0.4, 0.5) is 5.69 Å². The number of hydrogen-bond donors (Lipinski definition) is 3. The van der Waals surface area contributed by atoms with Crippen molar-refractivity contribution in [1.29, 1.82) is 10.7 Å². The first-order valence-electron chi connectivity index (χ1n) is 6.93. The maximum atomic E-state index is 8.76. The van der Waals surface area contributed by atoms with Crippen LogP contribution in [-0.2, 0) is 0 Å². The Morgan fingerprint density at radius 1 is 1.13 bits per heavy atom. The average Bonchev–Trinajstić information content (AvgIpc) is 2.53. The first kappa shape index (κ1) is 16.0. The molecule has 0 aromatic heterocycles. The number of ether oxygens (including phenoxy) is 1. The minimum Gasteiger partial charge on any atom is -0.457 e. The summed E-state index contributed by atoms with van der Waals surface area (Å²) in [6, 6.07) is 14.7. The zero-order valence-corrected chi connectivity index (χ0v) is 12.9. The van der Waals surface area contributed by atoms with Gasteiger partial charge in [0, 0.05) is 0 Å². The van der Waals surface area contributed by atoms with Crippen LogP contribution in [0.25, 0.3) is 0 Å². The Kier molecular flexibility index (Phi) is 4.95. The van der Waals surface area contributed by atoms with E-state index < -0.39 is 0 Å². The molecule has 0 unspecified atom stereocenters. The van der Waals surface area contributed by atoms with Crippen molar-refractivity contribution in [1.82, 2.24) is 0 Å². The lowest BCUT2D eigenvalue weighted by molar-refractivity contribution is 0.482. The van der Waals surface area contributed by atoms with Crippen LogP contribution >= 0.6 is 0 Å². The molecular weight excluding hydrogens is 290 g/mol. The molecule has 0 saturated carbocycles. The molecule has 0 fully saturated rings. The Labute approximate surface area is 134 Å². The molecule has 4 N–H and O–H groups in total. The van der Waals surface area contributed by atoms with Gasteiger partial charge >= 0.3 is 0 Å². The molecule has 0 saturated heterocycles. The van der Waals surface area contributed by atoms with Crippen molar-refractivity contribution in [2.75, 3.05) is 5.43 Å². The molecule has 0 aliphatic carbocycles. The molecule has 23 heavy (non-hydrogen) atoms. The molecule has 2 aromatic rings. The Hall–Kier alpha value is -3.33. The highest BCUT2D eigenvalue weighted by atomic mass is 16.5. The minimum atomic E-state index is -0.380. The van der Waals surface area contributed by atoms with Crippen LogP contribution in [0.3, 0.4) is 0 Å². The number of aryl methyl sites for hydroxylation is 2. The zero-order chi connectivity index (χ0) is 16.8. The van der Waals surface area contributed by atoms with Crippen molar-refractivity contribution in [2.24, 2.45) is 10.8 Å². The topological polar surface area (TPSA) is 107 Å². The van der Waals surface area contributed by atoms with E-state index in [1.165, 1.54) is 11.1 Å². The molecule has 6 nitrogen and oxygen atoms in total. The maximum Gasteiger partial charge on any atom is 0.201 e. The first-order chi connectivity index (χ1) is 11.0. The largest absolute Gasteiger partial charge is 0.457 e. The van der Waals surface area contributed by atoms with E-state index in [0.29, 0.717) is 11.4 Å². The molecule has 6 heteroatoms. The first-order valence-corrected chi connectivity index (χ1v) is 6.93. The quantitative estimate of drug-likeness (QED) is 0.447. The zero-order valence-electron chi connectivity index (χ0n) is 12.9. The van der Waals surface area contributed by atoms with Gasteiger partial charge in [0.2, 0.25) is 5.71 Å². The molecule has 0 atom stereocenters. The monoisotopic (exact) mass is 307 g/mol. The summed E-state index contributed by atoms with van der Waals surface area (Å²) < 4.78 is 5.78. The number of nitrogens with two attached hydrogens (primary N) is 1. The van der Waals surface area contributed by atoms with Gasteiger partial charge in [0.1, 0.15) is 17.6 Å². The van der Waals surface area contributed by atoms with Gasteiger partial charge in [0.15, 0.2) is 5.84 Å². The Balaban J connectivity index is 2.06. The summed E-state index contributed by atoms with van der Waals surface area (Å²) in [5.74, 6) is 1.08. The van der Waals surface area contributed by atoms with Crippen LogP contribution in [0.5, 0.6) is 11.5 Å². The predicted molar refractivity (Wildman–Crippen MR) is 91.0 cm³/mol. The van der Waals surface area contributed by atoms with E-state index in [4.69, 9.17) is 21.1 Å². The molecule has 2 aromatic carbocycles. The summed E-state index contributed by atoms with van der Waals surface area (Å²) in [6.07, 6.45) is 0. The summed E-state index contributed by atoms with van der Waals surface area (Å²) in [4.78, 5) is 0. The van der Waals surface area contributed by atoms with Gasteiger partial charge in [-0.1, -0.05) is 6.07 Å². The average molecular weight is 307 g/mol. The van der Waals surface area contributed by atoms with Crippen LogP contribution in [-0.4, -0.2) is 11.5 Å². The fourth-order valence-electron chi connectivity index (χ4n) is 1.78. The van der Waals surface area contributed by atoms with Crippen molar-refractivity contribution in [3.05, 3.63) is 53.6 Å². The third-order valence-corrected chi connectivity index (χ3v) is 3.23. The Bertz CT molecular complexity index is 788. The third kappa shape index (κ3) is 4.32. The van der Waals surface area contributed by atoms with Crippen LogP contribution in [0.2, 0.25) is 0 Å². The van der Waals surface area contributed by atoms with Gasteiger partial charge in [0.05, 0.1) is 5.69 Å². The lowest BCUT2D eigenvalue weighted by atomic mass is 10.1. The molecular formula is C17H17N5O. The molecule has 0 amide bonds. The molecule has 0 radical (unpaired) electrons. The van der Waals surface area contributed by atoms with Gasteiger partial charge in [0.25, 0.3) is 0 Å². The SMILES string of the molecule is Cc1ccc(Oc2ccc(N/N=C(\C#N)C(=N)N)cc2)cc1C. The number of amidine groups is 1. The van der Waals surface area contributed by atoms with Crippen LogP contribution in [0, 0.1) is 30.6 Å². The fourth-order valence-corrected chi connectivity index (χ4v) is 1.78. The lowest BCUT2D eigenvalue weighted by Crippen LogP contribution is -2.21. The Morgan fingerprint density at radius 3 is 2.35 bits per heavy atom. The summed E-state index contributed by atoms with van der Waals surface area (Å²) in [5.41, 5.74) is 10.8. The van der Waals surface area contributed by atoms with Gasteiger partial charge in [-0.15, -0.1) is 0 Å². The van der Waals surface area contributed by atoms with Crippen molar-refractivity contribution in [3.8, 4) is 17.6 Å². The molecule has 2 rings (SSSR count). The number of nitriles is 1. The Morgan fingerprint density at radius 2 is 1.78 bits per heavy atom. The maximum absolute atomic E-state index is 8.76. The van der Waals surface area contributed by atoms with E-state index in [2.05, 4.69) is 17.5 Å². The van der Waals surface area contributed by atoms with E-state index in [1.54, 1.807) is 30.3 Å². The van der Waals surface area contributed by atoms with Crippen LogP contribution in [0.15, 0.2) is 47.6 Å². The molecule has 0 bridgehead atoms. The molecule has 116 valence electrons. The van der Waals surface area contributed by atoms with Gasteiger partial charge in [-0.2, -0.15) is 10.4 Å². The van der Waals surface area contributed by atoms with Crippen molar-refractivity contribution >= 4 is 17.2 Å². The minimum absolute atomic E-state index is 0.166. The van der Waals surface area contributed by atoms with E-state index in [-0.39, 0.29) is 11.5 Å². The molecule has 0 spiro atoms. The summed E-state index contributed by atoms with van der Waals surface area (Å²) in [5, 5.41) is 19.7. The summed E-state index contributed by atoms with van der Waals surface area (Å²) >= 11 is 0. The number of rotatable bonds is 5. The number of benzene rings is 2. The van der Waals surface area contributed by atoms with E-state index in [9.17, 15) is 0 Å². The number of hydrazone groups is 1.